The smallest absolute Gasteiger partial charge is 0.128 e. The zero-order valence-electron chi connectivity index (χ0n) is 11.3. The molecule has 0 radical (unpaired) electrons. The molecular weight excluding hydrogens is 238 g/mol. The van der Waals surface area contributed by atoms with Gasteiger partial charge in [0.05, 0.1) is 7.11 Å². The third kappa shape index (κ3) is 3.61. The topological polar surface area (TPSA) is 46.2 Å². The molecule has 0 aliphatic heterocycles. The molecule has 1 aromatic carbocycles. The van der Waals surface area contributed by atoms with Crippen molar-refractivity contribution >= 4 is 11.6 Å². The van der Waals surface area contributed by atoms with Crippen LogP contribution in [-0.4, -0.2) is 18.6 Å². The van der Waals surface area contributed by atoms with E-state index in [1.165, 1.54) is 0 Å². The van der Waals surface area contributed by atoms with Gasteiger partial charge in [-0.3, -0.25) is 0 Å². The van der Waals surface area contributed by atoms with Gasteiger partial charge in [0.25, 0.3) is 0 Å². The normalized spacial score (nSPS) is 10.0. The molecular formula is C15H19N3O. The minimum Gasteiger partial charge on any atom is -0.496 e. The lowest BCUT2D eigenvalue weighted by Gasteiger charge is -2.10. The molecule has 0 amide bonds. The highest BCUT2D eigenvalue weighted by Gasteiger charge is 2.02. The molecule has 0 bridgehead atoms. The molecule has 1 heterocycles. The minimum absolute atomic E-state index is 0.687. The van der Waals surface area contributed by atoms with Crippen LogP contribution in [0, 0.1) is 0 Å². The Hall–Kier alpha value is -2.23. The second-order valence-electron chi connectivity index (χ2n) is 4.10. The molecule has 2 rings (SSSR count). The lowest BCUT2D eigenvalue weighted by molar-refractivity contribution is 0.410. The number of rotatable bonds is 6. The first-order valence-corrected chi connectivity index (χ1v) is 6.40. The van der Waals surface area contributed by atoms with Gasteiger partial charge in [0.15, 0.2) is 0 Å². The monoisotopic (exact) mass is 257 g/mol. The summed E-state index contributed by atoms with van der Waals surface area (Å²) in [7, 11) is 1.68. The fourth-order valence-corrected chi connectivity index (χ4v) is 1.85. The van der Waals surface area contributed by atoms with Crippen molar-refractivity contribution in [3.05, 3.63) is 48.0 Å². The van der Waals surface area contributed by atoms with Crippen molar-refractivity contribution < 1.29 is 4.74 Å². The van der Waals surface area contributed by atoms with Gasteiger partial charge in [-0.2, -0.15) is 0 Å². The molecule has 0 saturated carbocycles. The predicted octanol–water partition coefficient (Wildman–Crippen LogP) is 3.13. The molecule has 2 aromatic rings. The molecule has 0 atom stereocenters. The van der Waals surface area contributed by atoms with E-state index in [1.807, 2.05) is 42.5 Å². The van der Waals surface area contributed by atoms with Crippen LogP contribution in [0.3, 0.4) is 0 Å². The maximum atomic E-state index is 5.32. The van der Waals surface area contributed by atoms with Crippen LogP contribution < -0.4 is 15.4 Å². The summed E-state index contributed by atoms with van der Waals surface area (Å²) in [4.78, 5) is 4.47. The van der Waals surface area contributed by atoms with E-state index in [4.69, 9.17) is 4.74 Å². The predicted molar refractivity (Wildman–Crippen MR) is 78.7 cm³/mol. The minimum atomic E-state index is 0.687. The van der Waals surface area contributed by atoms with Crippen molar-refractivity contribution in [1.82, 2.24) is 4.98 Å². The molecule has 0 unspecified atom stereocenters. The third-order valence-corrected chi connectivity index (χ3v) is 2.76. The Morgan fingerprint density at radius 3 is 2.47 bits per heavy atom. The van der Waals surface area contributed by atoms with Crippen molar-refractivity contribution in [1.29, 1.82) is 0 Å². The van der Waals surface area contributed by atoms with E-state index in [-0.39, 0.29) is 0 Å². The van der Waals surface area contributed by atoms with Gasteiger partial charge in [0.1, 0.15) is 17.4 Å². The number of ether oxygens (including phenoxy) is 1. The quantitative estimate of drug-likeness (QED) is 0.834. The second kappa shape index (κ2) is 6.64. The fraction of sp³-hybridized carbons (Fsp3) is 0.267. The van der Waals surface area contributed by atoms with Crippen molar-refractivity contribution in [2.45, 2.75) is 13.5 Å². The summed E-state index contributed by atoms with van der Waals surface area (Å²) >= 11 is 0. The molecule has 0 aliphatic rings. The lowest BCUT2D eigenvalue weighted by Crippen LogP contribution is -2.05. The van der Waals surface area contributed by atoms with Crippen molar-refractivity contribution in [3.8, 4) is 5.75 Å². The van der Waals surface area contributed by atoms with Crippen LogP contribution in [0.4, 0.5) is 11.6 Å². The Balaban J connectivity index is 2.03. The molecule has 19 heavy (non-hydrogen) atoms. The number of hydrogen-bond acceptors (Lipinski definition) is 4. The molecule has 4 nitrogen and oxygen atoms in total. The Labute approximate surface area is 113 Å². The van der Waals surface area contributed by atoms with Gasteiger partial charge in [-0.25, -0.2) is 4.98 Å². The number of hydrogen-bond donors (Lipinski definition) is 2. The molecule has 1 aromatic heterocycles. The Kier molecular flexibility index (Phi) is 4.61. The number of nitrogens with one attached hydrogen (secondary N) is 2. The average Bonchev–Trinajstić information content (AvgIpc) is 2.46. The first kappa shape index (κ1) is 13.2. The van der Waals surface area contributed by atoms with Crippen molar-refractivity contribution in [3.63, 3.8) is 0 Å². The maximum absolute atomic E-state index is 5.32. The van der Waals surface area contributed by atoms with Gasteiger partial charge in [-0.15, -0.1) is 0 Å². The average molecular weight is 257 g/mol. The van der Waals surface area contributed by atoms with E-state index >= 15 is 0 Å². The molecule has 2 N–H and O–H groups in total. The summed E-state index contributed by atoms with van der Waals surface area (Å²) in [6, 6.07) is 13.9. The summed E-state index contributed by atoms with van der Waals surface area (Å²) in [6.07, 6.45) is 0. The number of methoxy groups -OCH3 is 1. The van der Waals surface area contributed by atoms with E-state index in [2.05, 4.69) is 22.5 Å². The summed E-state index contributed by atoms with van der Waals surface area (Å²) in [6.45, 7) is 3.60. The Morgan fingerprint density at radius 2 is 1.74 bits per heavy atom. The molecule has 0 spiro atoms. The fourth-order valence-electron chi connectivity index (χ4n) is 1.85. The summed E-state index contributed by atoms with van der Waals surface area (Å²) in [5.41, 5.74) is 1.11. The van der Waals surface area contributed by atoms with E-state index in [1.54, 1.807) is 7.11 Å². The lowest BCUT2D eigenvalue weighted by atomic mass is 10.2. The number of para-hydroxylation sites is 1. The van der Waals surface area contributed by atoms with Crippen LogP contribution in [0.1, 0.15) is 12.5 Å². The number of aromatic nitrogens is 1. The molecule has 4 heteroatoms. The van der Waals surface area contributed by atoms with Gasteiger partial charge < -0.3 is 15.4 Å². The van der Waals surface area contributed by atoms with Crippen LogP contribution in [0.25, 0.3) is 0 Å². The van der Waals surface area contributed by atoms with Crippen LogP contribution in [0.5, 0.6) is 5.75 Å². The van der Waals surface area contributed by atoms with Gasteiger partial charge in [-0.1, -0.05) is 24.3 Å². The molecule has 100 valence electrons. The second-order valence-corrected chi connectivity index (χ2v) is 4.10. The molecule has 0 saturated heterocycles. The van der Waals surface area contributed by atoms with Crippen molar-refractivity contribution in [2.75, 3.05) is 24.3 Å². The van der Waals surface area contributed by atoms with E-state index in [9.17, 15) is 0 Å². The highest BCUT2D eigenvalue weighted by Crippen LogP contribution is 2.18. The van der Waals surface area contributed by atoms with Gasteiger partial charge in [-0.05, 0) is 25.1 Å². The number of benzene rings is 1. The maximum Gasteiger partial charge on any atom is 0.128 e. The highest BCUT2D eigenvalue weighted by atomic mass is 16.5. The largest absolute Gasteiger partial charge is 0.496 e. The highest BCUT2D eigenvalue weighted by molar-refractivity contribution is 5.46. The Morgan fingerprint density at radius 1 is 1.00 bits per heavy atom. The zero-order valence-corrected chi connectivity index (χ0v) is 11.3. The van der Waals surface area contributed by atoms with Crippen molar-refractivity contribution in [2.24, 2.45) is 0 Å². The van der Waals surface area contributed by atoms with Gasteiger partial charge in [0, 0.05) is 18.7 Å². The third-order valence-electron chi connectivity index (χ3n) is 2.76. The molecule has 0 fully saturated rings. The SMILES string of the molecule is CCNc1cccc(NCc2ccccc2OC)n1. The zero-order chi connectivity index (χ0) is 13.5. The Bertz CT molecular complexity index is 528. The first-order chi connectivity index (χ1) is 9.33. The standard InChI is InChI=1S/C15H19N3O/c1-3-16-14-9-6-10-15(18-14)17-11-12-7-4-5-8-13(12)19-2/h4-10H,3,11H2,1-2H3,(H2,16,17,18). The van der Waals surface area contributed by atoms with Gasteiger partial charge in [0.2, 0.25) is 0 Å². The number of anilines is 2. The number of pyridine rings is 1. The van der Waals surface area contributed by atoms with E-state index < -0.39 is 0 Å². The summed E-state index contributed by atoms with van der Waals surface area (Å²) in [5.74, 6) is 2.62. The van der Waals surface area contributed by atoms with Crippen LogP contribution in [-0.2, 0) is 6.54 Å². The number of nitrogens with zero attached hydrogens (tertiary/aromatic N) is 1. The summed E-state index contributed by atoms with van der Waals surface area (Å²) in [5, 5.41) is 6.50. The summed E-state index contributed by atoms with van der Waals surface area (Å²) < 4.78 is 5.32. The first-order valence-electron chi connectivity index (χ1n) is 6.40. The van der Waals surface area contributed by atoms with Crippen LogP contribution >= 0.6 is 0 Å². The van der Waals surface area contributed by atoms with E-state index in [0.29, 0.717) is 6.54 Å². The van der Waals surface area contributed by atoms with E-state index in [0.717, 1.165) is 29.5 Å². The molecule has 0 aliphatic carbocycles. The van der Waals surface area contributed by atoms with Crippen LogP contribution in [0.2, 0.25) is 0 Å². The van der Waals surface area contributed by atoms with Gasteiger partial charge >= 0.3 is 0 Å². The van der Waals surface area contributed by atoms with Crippen LogP contribution in [0.15, 0.2) is 42.5 Å².